The second-order valence-electron chi connectivity index (χ2n) is 8.40. The molecule has 0 bridgehead atoms. The number of rotatable bonds is 9. The van der Waals surface area contributed by atoms with Crippen molar-refractivity contribution in [3.63, 3.8) is 0 Å². The molecule has 2 aromatic carbocycles. The first-order valence-electron chi connectivity index (χ1n) is 11.2. The molecule has 4 aromatic rings. The molecule has 0 saturated carbocycles. The van der Waals surface area contributed by atoms with E-state index in [0.717, 1.165) is 27.2 Å². The van der Waals surface area contributed by atoms with Gasteiger partial charge in [0.05, 0.1) is 33.1 Å². The first-order chi connectivity index (χ1) is 16.2. The summed E-state index contributed by atoms with van der Waals surface area (Å²) in [6.07, 6.45) is 0.370. The Morgan fingerprint density at radius 2 is 1.79 bits per heavy atom. The summed E-state index contributed by atoms with van der Waals surface area (Å²) in [6, 6.07) is 16.6. The molecule has 0 saturated heterocycles. The van der Waals surface area contributed by atoms with Gasteiger partial charge in [0.15, 0.2) is 15.0 Å². The number of para-hydroxylation sites is 1. The normalized spacial score (nSPS) is 11.7. The van der Waals surface area contributed by atoms with E-state index in [1.807, 2.05) is 55.8 Å². The van der Waals surface area contributed by atoms with Crippen LogP contribution in [0.5, 0.6) is 0 Å². The predicted octanol–water partition coefficient (Wildman–Crippen LogP) is 4.71. The van der Waals surface area contributed by atoms with Gasteiger partial charge in [-0.1, -0.05) is 41.2 Å². The summed E-state index contributed by atoms with van der Waals surface area (Å²) in [5.41, 5.74) is 3.80. The van der Waals surface area contributed by atoms with Gasteiger partial charge in [0.1, 0.15) is 0 Å². The molecule has 0 aliphatic rings. The molecule has 0 aliphatic heterocycles. The molecular weight excluding hydrogens is 468 g/mol. The molecule has 2 aromatic heterocycles. The monoisotopic (exact) mass is 496 g/mol. The van der Waals surface area contributed by atoms with Gasteiger partial charge in [-0.3, -0.25) is 14.4 Å². The minimum absolute atomic E-state index is 0.0764. The maximum Gasteiger partial charge on any atom is 0.228 e. The van der Waals surface area contributed by atoms with Gasteiger partial charge in [0, 0.05) is 18.7 Å². The Kier molecular flexibility index (Phi) is 7.13. The van der Waals surface area contributed by atoms with Crippen LogP contribution >= 0.6 is 11.3 Å². The highest BCUT2D eigenvalue weighted by Gasteiger charge is 2.22. The van der Waals surface area contributed by atoms with E-state index < -0.39 is 9.84 Å². The average molecular weight is 497 g/mol. The Labute approximate surface area is 204 Å². The van der Waals surface area contributed by atoms with Crippen LogP contribution in [0, 0.1) is 20.8 Å². The second kappa shape index (κ2) is 10.1. The summed E-state index contributed by atoms with van der Waals surface area (Å²) in [7, 11) is -3.44. The van der Waals surface area contributed by atoms with E-state index in [1.165, 1.54) is 11.3 Å². The maximum absolute atomic E-state index is 13.3. The van der Waals surface area contributed by atoms with E-state index in [0.29, 0.717) is 18.2 Å². The highest BCUT2D eigenvalue weighted by Crippen LogP contribution is 2.29. The largest absolute Gasteiger partial charge is 0.286 e. The third-order valence-electron chi connectivity index (χ3n) is 5.64. The molecule has 7 nitrogen and oxygen atoms in total. The third-order valence-corrected chi connectivity index (χ3v) is 8.51. The SMILES string of the molecule is Cc1ccc(S(=O)(=O)CCCC(=O)N(CCn2nc(C)cc2C)c2nc3ccccc3s2)cc1. The number of aromatic nitrogens is 3. The number of amides is 1. The van der Waals surface area contributed by atoms with E-state index in [-0.39, 0.29) is 29.4 Å². The van der Waals surface area contributed by atoms with E-state index in [2.05, 4.69) is 10.1 Å². The number of anilines is 1. The number of sulfone groups is 1. The third kappa shape index (κ3) is 5.53. The van der Waals surface area contributed by atoms with Crippen LogP contribution in [-0.4, -0.2) is 41.4 Å². The van der Waals surface area contributed by atoms with Crippen molar-refractivity contribution >= 4 is 42.4 Å². The molecule has 0 aliphatic carbocycles. The van der Waals surface area contributed by atoms with E-state index in [1.54, 1.807) is 29.2 Å². The average Bonchev–Trinajstić information content (AvgIpc) is 3.36. The first kappa shape index (κ1) is 24.1. The number of carbonyl (C=O) groups is 1. The Balaban J connectivity index is 1.48. The van der Waals surface area contributed by atoms with Gasteiger partial charge in [0.25, 0.3) is 0 Å². The van der Waals surface area contributed by atoms with Crippen LogP contribution in [0.2, 0.25) is 0 Å². The van der Waals surface area contributed by atoms with Crippen LogP contribution in [0.1, 0.15) is 29.8 Å². The molecule has 34 heavy (non-hydrogen) atoms. The number of aryl methyl sites for hydroxylation is 3. The zero-order valence-electron chi connectivity index (χ0n) is 19.6. The van der Waals surface area contributed by atoms with Crippen LogP contribution in [0.25, 0.3) is 10.2 Å². The van der Waals surface area contributed by atoms with Crippen molar-refractivity contribution in [3.05, 3.63) is 71.5 Å². The second-order valence-corrected chi connectivity index (χ2v) is 11.5. The number of nitrogens with zero attached hydrogens (tertiary/aromatic N) is 4. The highest BCUT2D eigenvalue weighted by atomic mass is 32.2. The van der Waals surface area contributed by atoms with Gasteiger partial charge in [-0.2, -0.15) is 5.10 Å². The van der Waals surface area contributed by atoms with E-state index in [9.17, 15) is 13.2 Å². The van der Waals surface area contributed by atoms with Crippen molar-refractivity contribution in [1.82, 2.24) is 14.8 Å². The molecule has 0 unspecified atom stereocenters. The summed E-state index contributed by atoms with van der Waals surface area (Å²) in [4.78, 5) is 19.9. The molecule has 178 valence electrons. The van der Waals surface area contributed by atoms with Crippen LogP contribution in [0.3, 0.4) is 0 Å². The fourth-order valence-electron chi connectivity index (χ4n) is 3.81. The number of hydrogen-bond acceptors (Lipinski definition) is 6. The Bertz CT molecular complexity index is 1370. The van der Waals surface area contributed by atoms with Crippen molar-refractivity contribution in [2.75, 3.05) is 17.2 Å². The lowest BCUT2D eigenvalue weighted by Crippen LogP contribution is -2.34. The summed E-state index contributed by atoms with van der Waals surface area (Å²) in [5, 5.41) is 5.11. The summed E-state index contributed by atoms with van der Waals surface area (Å²) in [6.45, 7) is 6.78. The van der Waals surface area contributed by atoms with Gasteiger partial charge < -0.3 is 0 Å². The Hall–Kier alpha value is -3.04. The number of thiazole rings is 1. The molecule has 1 amide bonds. The minimum atomic E-state index is -3.44. The van der Waals surface area contributed by atoms with Crippen molar-refractivity contribution in [2.24, 2.45) is 0 Å². The van der Waals surface area contributed by atoms with Gasteiger partial charge in [-0.15, -0.1) is 0 Å². The maximum atomic E-state index is 13.3. The molecule has 9 heteroatoms. The Morgan fingerprint density at radius 1 is 1.06 bits per heavy atom. The summed E-state index contributed by atoms with van der Waals surface area (Å²) in [5.74, 6) is -0.216. The van der Waals surface area contributed by atoms with Crippen LogP contribution in [0.4, 0.5) is 5.13 Å². The molecule has 0 atom stereocenters. The van der Waals surface area contributed by atoms with Crippen LogP contribution in [-0.2, 0) is 21.2 Å². The fourth-order valence-corrected chi connectivity index (χ4v) is 6.13. The van der Waals surface area contributed by atoms with Crippen molar-refractivity contribution in [2.45, 2.75) is 45.1 Å². The lowest BCUT2D eigenvalue weighted by atomic mass is 10.2. The summed E-state index contributed by atoms with van der Waals surface area (Å²) >= 11 is 1.46. The Morgan fingerprint density at radius 3 is 2.47 bits per heavy atom. The molecule has 0 radical (unpaired) electrons. The van der Waals surface area contributed by atoms with Gasteiger partial charge in [-0.05, 0) is 57.5 Å². The number of fused-ring (bicyclic) bond motifs is 1. The lowest BCUT2D eigenvalue weighted by Gasteiger charge is -2.20. The first-order valence-corrected chi connectivity index (χ1v) is 13.7. The van der Waals surface area contributed by atoms with Gasteiger partial charge in [0.2, 0.25) is 5.91 Å². The van der Waals surface area contributed by atoms with Crippen LogP contribution < -0.4 is 4.90 Å². The standard InChI is InChI=1S/C25H28N4O3S2/c1-18-10-12-21(13-11-18)34(31,32)16-6-9-24(30)28(14-15-29-20(3)17-19(2)27-29)25-26-22-7-4-5-8-23(22)33-25/h4-5,7-8,10-13,17H,6,9,14-16H2,1-3H3. The number of benzene rings is 2. The van der Waals surface area contributed by atoms with Gasteiger partial charge >= 0.3 is 0 Å². The molecular formula is C25H28N4O3S2. The van der Waals surface area contributed by atoms with Gasteiger partial charge in [-0.25, -0.2) is 13.4 Å². The zero-order valence-corrected chi connectivity index (χ0v) is 21.2. The molecule has 0 fully saturated rings. The molecule has 2 heterocycles. The topological polar surface area (TPSA) is 85.2 Å². The zero-order chi connectivity index (χ0) is 24.3. The summed E-state index contributed by atoms with van der Waals surface area (Å²) < 4.78 is 28.3. The fraction of sp³-hybridized carbons (Fsp3) is 0.320. The molecule has 0 spiro atoms. The smallest absolute Gasteiger partial charge is 0.228 e. The van der Waals surface area contributed by atoms with E-state index in [4.69, 9.17) is 0 Å². The van der Waals surface area contributed by atoms with E-state index >= 15 is 0 Å². The van der Waals surface area contributed by atoms with Crippen molar-refractivity contribution in [3.8, 4) is 0 Å². The molecule has 4 rings (SSSR count). The lowest BCUT2D eigenvalue weighted by molar-refractivity contribution is -0.118. The number of hydrogen-bond donors (Lipinski definition) is 0. The van der Waals surface area contributed by atoms with Crippen molar-refractivity contribution in [1.29, 1.82) is 0 Å². The minimum Gasteiger partial charge on any atom is -0.286 e. The predicted molar refractivity (Wildman–Crippen MR) is 136 cm³/mol. The van der Waals surface area contributed by atoms with Crippen molar-refractivity contribution < 1.29 is 13.2 Å². The highest BCUT2D eigenvalue weighted by molar-refractivity contribution is 7.91. The quantitative estimate of drug-likeness (QED) is 0.335. The van der Waals surface area contributed by atoms with Crippen LogP contribution in [0.15, 0.2) is 59.5 Å². The number of carbonyl (C=O) groups excluding carboxylic acids is 1. The molecule has 0 N–H and O–H groups in total.